The maximum absolute atomic E-state index is 10.4. The Bertz CT molecular complexity index is 1190. The highest BCUT2D eigenvalue weighted by Crippen LogP contribution is 2.51. The van der Waals surface area contributed by atoms with Crippen LogP contribution < -0.4 is 18.9 Å². The minimum absolute atomic E-state index is 0.0680. The van der Waals surface area contributed by atoms with Crippen LogP contribution in [0.25, 0.3) is 0 Å². The zero-order valence-corrected chi connectivity index (χ0v) is 18.1. The van der Waals surface area contributed by atoms with Crippen molar-refractivity contribution >= 4 is 5.71 Å². The van der Waals surface area contributed by atoms with Gasteiger partial charge in [0.1, 0.15) is 5.75 Å². The zero-order valence-electron chi connectivity index (χ0n) is 18.1. The van der Waals surface area contributed by atoms with Crippen LogP contribution >= 0.6 is 0 Å². The van der Waals surface area contributed by atoms with Crippen molar-refractivity contribution in [3.8, 4) is 28.7 Å². The summed E-state index contributed by atoms with van der Waals surface area (Å²) >= 11 is 0. The molecule has 3 aromatic rings. The van der Waals surface area contributed by atoms with Gasteiger partial charge in [-0.2, -0.15) is 5.10 Å². The number of rotatable bonds is 5. The van der Waals surface area contributed by atoms with Crippen molar-refractivity contribution < 1.29 is 24.1 Å². The molecule has 164 valence electrons. The number of fused-ring (bicyclic) bond motifs is 3. The lowest BCUT2D eigenvalue weighted by atomic mass is 9.95. The van der Waals surface area contributed by atoms with E-state index in [1.807, 2.05) is 53.5 Å². The second kappa shape index (κ2) is 8.00. The molecule has 3 aromatic carbocycles. The predicted octanol–water partition coefficient (Wildman–Crippen LogP) is 4.66. The van der Waals surface area contributed by atoms with Gasteiger partial charge in [-0.25, -0.2) is 5.01 Å². The lowest BCUT2D eigenvalue weighted by Crippen LogP contribution is -2.33. The number of hydrogen-bond acceptors (Lipinski definition) is 7. The van der Waals surface area contributed by atoms with Crippen molar-refractivity contribution in [1.82, 2.24) is 5.01 Å². The van der Waals surface area contributed by atoms with E-state index in [0.717, 1.165) is 22.4 Å². The number of para-hydroxylation sites is 2. The first-order valence-corrected chi connectivity index (χ1v) is 10.3. The number of hydrazone groups is 1. The maximum atomic E-state index is 10.4. The van der Waals surface area contributed by atoms with Crippen LogP contribution in [-0.2, 0) is 0 Å². The Labute approximate surface area is 186 Å². The first-order chi connectivity index (χ1) is 15.6. The van der Waals surface area contributed by atoms with E-state index in [0.29, 0.717) is 29.4 Å². The van der Waals surface area contributed by atoms with Crippen LogP contribution in [0.2, 0.25) is 0 Å². The molecule has 5 rings (SSSR count). The maximum Gasteiger partial charge on any atom is 0.214 e. The number of benzene rings is 3. The Hall–Kier alpha value is -3.87. The number of ether oxygens (including phenoxy) is 4. The topological polar surface area (TPSA) is 72.8 Å². The van der Waals surface area contributed by atoms with Crippen molar-refractivity contribution in [2.75, 3.05) is 21.3 Å². The van der Waals surface area contributed by atoms with Crippen LogP contribution in [0.4, 0.5) is 0 Å². The van der Waals surface area contributed by atoms with E-state index in [4.69, 9.17) is 24.0 Å². The van der Waals surface area contributed by atoms with Crippen molar-refractivity contribution in [2.24, 2.45) is 5.10 Å². The summed E-state index contributed by atoms with van der Waals surface area (Å²) in [6.45, 7) is 0. The molecular formula is C25H24N2O5. The Morgan fingerprint density at radius 2 is 1.69 bits per heavy atom. The molecule has 2 heterocycles. The van der Waals surface area contributed by atoms with Gasteiger partial charge in [-0.1, -0.05) is 24.3 Å². The molecule has 0 fully saturated rings. The largest absolute Gasteiger partial charge is 0.507 e. The van der Waals surface area contributed by atoms with Crippen molar-refractivity contribution in [3.05, 3.63) is 77.4 Å². The van der Waals surface area contributed by atoms with Gasteiger partial charge in [0.05, 0.1) is 33.1 Å². The molecule has 7 nitrogen and oxygen atoms in total. The lowest BCUT2D eigenvalue weighted by Gasteiger charge is -2.38. The fraction of sp³-hybridized carbons (Fsp3) is 0.240. The Balaban J connectivity index is 1.64. The van der Waals surface area contributed by atoms with Gasteiger partial charge in [0.25, 0.3) is 0 Å². The van der Waals surface area contributed by atoms with Crippen molar-refractivity contribution in [1.29, 1.82) is 0 Å². The Morgan fingerprint density at radius 3 is 2.44 bits per heavy atom. The fourth-order valence-corrected chi connectivity index (χ4v) is 4.35. The summed E-state index contributed by atoms with van der Waals surface area (Å²) in [7, 11) is 4.85. The van der Waals surface area contributed by atoms with Crippen LogP contribution in [0.5, 0.6) is 28.7 Å². The average molecular weight is 432 g/mol. The Kier molecular flexibility index (Phi) is 5.01. The number of methoxy groups -OCH3 is 3. The van der Waals surface area contributed by atoms with Gasteiger partial charge in [-0.05, 0) is 36.4 Å². The molecule has 2 aliphatic heterocycles. The molecule has 0 aromatic heterocycles. The van der Waals surface area contributed by atoms with E-state index in [2.05, 4.69) is 0 Å². The van der Waals surface area contributed by atoms with E-state index in [1.54, 1.807) is 33.5 Å². The van der Waals surface area contributed by atoms with Gasteiger partial charge >= 0.3 is 0 Å². The van der Waals surface area contributed by atoms with Crippen molar-refractivity contribution in [2.45, 2.75) is 18.7 Å². The molecule has 0 spiro atoms. The van der Waals surface area contributed by atoms with Crippen LogP contribution in [0, 0.1) is 0 Å². The average Bonchev–Trinajstić information content (AvgIpc) is 3.28. The van der Waals surface area contributed by atoms with Gasteiger partial charge in [0.2, 0.25) is 6.23 Å². The predicted molar refractivity (Wildman–Crippen MR) is 120 cm³/mol. The summed E-state index contributed by atoms with van der Waals surface area (Å²) in [5, 5.41) is 17.3. The van der Waals surface area contributed by atoms with Crippen LogP contribution in [-0.4, -0.2) is 37.2 Å². The quantitative estimate of drug-likeness (QED) is 0.632. The number of phenols is 1. The molecular weight excluding hydrogens is 408 g/mol. The standard InChI is InChI=1S/C25H24N2O5/c1-29-21-12-11-15(13-23(21)31-3)25-27-19(17-8-6-10-22(30-2)24(17)32-25)14-18(26-27)16-7-4-5-9-20(16)28/h4-13,19,25,28H,14H2,1-3H3. The van der Waals surface area contributed by atoms with Crippen LogP contribution in [0.1, 0.15) is 35.4 Å². The molecule has 0 saturated heterocycles. The summed E-state index contributed by atoms with van der Waals surface area (Å²) in [6, 6.07) is 18.8. The molecule has 1 N–H and O–H groups in total. The number of aromatic hydroxyl groups is 1. The number of nitrogens with zero attached hydrogens (tertiary/aromatic N) is 2. The molecule has 2 unspecified atom stereocenters. The van der Waals surface area contributed by atoms with Gasteiger partial charge in [0.15, 0.2) is 23.0 Å². The monoisotopic (exact) mass is 432 g/mol. The van der Waals surface area contributed by atoms with E-state index >= 15 is 0 Å². The number of hydrogen-bond donors (Lipinski definition) is 1. The molecule has 0 aliphatic carbocycles. The Morgan fingerprint density at radius 1 is 0.906 bits per heavy atom. The van der Waals surface area contributed by atoms with Gasteiger partial charge in [-0.15, -0.1) is 0 Å². The molecule has 32 heavy (non-hydrogen) atoms. The third-order valence-electron chi connectivity index (χ3n) is 5.91. The highest BCUT2D eigenvalue weighted by Gasteiger charge is 2.42. The third kappa shape index (κ3) is 3.17. The highest BCUT2D eigenvalue weighted by atomic mass is 16.5. The fourth-order valence-electron chi connectivity index (χ4n) is 4.35. The van der Waals surface area contributed by atoms with Crippen LogP contribution in [0.15, 0.2) is 65.8 Å². The van der Waals surface area contributed by atoms with Crippen molar-refractivity contribution in [3.63, 3.8) is 0 Å². The second-order valence-electron chi connectivity index (χ2n) is 7.63. The summed E-state index contributed by atoms with van der Waals surface area (Å²) in [5.41, 5.74) is 3.39. The SMILES string of the molecule is COc1ccc(C2Oc3c(OC)cccc3C3CC(c4ccccc4O)=NN32)cc1OC. The second-order valence-corrected chi connectivity index (χ2v) is 7.63. The third-order valence-corrected chi connectivity index (χ3v) is 5.91. The van der Waals surface area contributed by atoms with Gasteiger partial charge in [0, 0.05) is 23.1 Å². The molecule has 0 saturated carbocycles. The first-order valence-electron chi connectivity index (χ1n) is 10.3. The molecule has 0 radical (unpaired) electrons. The summed E-state index contributed by atoms with van der Waals surface area (Å²) < 4.78 is 23.0. The van der Waals surface area contributed by atoms with E-state index in [1.165, 1.54) is 0 Å². The van der Waals surface area contributed by atoms with E-state index in [9.17, 15) is 5.11 Å². The summed E-state index contributed by atoms with van der Waals surface area (Å²) in [4.78, 5) is 0. The minimum Gasteiger partial charge on any atom is -0.507 e. The summed E-state index contributed by atoms with van der Waals surface area (Å²) in [5.74, 6) is 2.83. The molecule has 0 amide bonds. The molecule has 2 atom stereocenters. The first kappa shape index (κ1) is 20.1. The lowest BCUT2D eigenvalue weighted by molar-refractivity contribution is -0.0210. The molecule has 0 bridgehead atoms. The van der Waals surface area contributed by atoms with E-state index < -0.39 is 6.23 Å². The van der Waals surface area contributed by atoms with E-state index in [-0.39, 0.29) is 11.8 Å². The smallest absolute Gasteiger partial charge is 0.214 e. The summed E-state index contributed by atoms with van der Waals surface area (Å²) in [6.07, 6.45) is 0.122. The normalized spacial score (nSPS) is 18.8. The molecule has 7 heteroatoms. The minimum atomic E-state index is -0.507. The number of phenolic OH excluding ortho intramolecular Hbond substituents is 1. The molecule has 2 aliphatic rings. The highest BCUT2D eigenvalue weighted by molar-refractivity contribution is 6.04. The van der Waals surface area contributed by atoms with Crippen LogP contribution in [0.3, 0.4) is 0 Å². The van der Waals surface area contributed by atoms with Gasteiger partial charge in [-0.3, -0.25) is 0 Å². The zero-order chi connectivity index (χ0) is 22.2. The van der Waals surface area contributed by atoms with Gasteiger partial charge < -0.3 is 24.1 Å².